The highest BCUT2D eigenvalue weighted by molar-refractivity contribution is 7.99. The Balaban J connectivity index is 2.37. The van der Waals surface area contributed by atoms with Gasteiger partial charge in [-0.05, 0) is 6.92 Å². The summed E-state index contributed by atoms with van der Waals surface area (Å²) < 4.78 is 2.01. The van der Waals surface area contributed by atoms with E-state index in [9.17, 15) is 10.1 Å². The van der Waals surface area contributed by atoms with Crippen LogP contribution in [-0.4, -0.2) is 20.2 Å². The molecule has 5 nitrogen and oxygen atoms in total. The molecule has 0 saturated carbocycles. The Bertz CT molecular complexity index is 411. The Morgan fingerprint density at radius 2 is 2.50 bits per heavy atom. The largest absolute Gasteiger partial charge is 0.318 e. The number of rotatable bonds is 2. The summed E-state index contributed by atoms with van der Waals surface area (Å²) in [5.41, 5.74) is 1.70. The molecule has 0 fully saturated rings. The zero-order chi connectivity index (χ0) is 10.1. The van der Waals surface area contributed by atoms with Gasteiger partial charge in [-0.15, -0.1) is 0 Å². The Labute approximate surface area is 85.0 Å². The van der Waals surface area contributed by atoms with Gasteiger partial charge in [-0.3, -0.25) is 10.1 Å². The fraction of sp³-hybridized carbons (Fsp3) is 0.375. The van der Waals surface area contributed by atoms with E-state index >= 15 is 0 Å². The third kappa shape index (κ3) is 1.52. The van der Waals surface area contributed by atoms with Crippen LogP contribution in [0.3, 0.4) is 0 Å². The molecule has 0 spiro atoms. The van der Waals surface area contributed by atoms with Crippen molar-refractivity contribution >= 4 is 17.8 Å². The van der Waals surface area contributed by atoms with Crippen LogP contribution in [0.15, 0.2) is 11.4 Å². The summed E-state index contributed by atoms with van der Waals surface area (Å²) >= 11 is 1.69. The third-order valence-corrected chi connectivity index (χ3v) is 3.01. The van der Waals surface area contributed by atoms with Crippen molar-refractivity contribution in [2.75, 3.05) is 5.75 Å². The maximum Gasteiger partial charge on any atom is 0.236 e. The van der Waals surface area contributed by atoms with Crippen LogP contribution in [0.25, 0.3) is 6.08 Å². The highest BCUT2D eigenvalue weighted by Gasteiger charge is 2.18. The fourth-order valence-electron chi connectivity index (χ4n) is 1.46. The van der Waals surface area contributed by atoms with Crippen LogP contribution in [0.4, 0.5) is 0 Å². The molecule has 2 rings (SSSR count). The number of hydrogen-bond acceptors (Lipinski definition) is 4. The average Bonchev–Trinajstić information content (AvgIpc) is 2.61. The van der Waals surface area contributed by atoms with Crippen molar-refractivity contribution in [3.8, 4) is 0 Å². The minimum atomic E-state index is -0.457. The predicted molar refractivity (Wildman–Crippen MR) is 53.7 cm³/mol. The summed E-state index contributed by atoms with van der Waals surface area (Å²) in [7, 11) is 0. The SMILES string of the molecule is Cc1nc2n(c1/C=C/[N+](=O)[O-])CCS2. The average molecular weight is 211 g/mol. The summed E-state index contributed by atoms with van der Waals surface area (Å²) in [6.45, 7) is 2.75. The first-order valence-electron chi connectivity index (χ1n) is 4.20. The van der Waals surface area contributed by atoms with Gasteiger partial charge in [0.1, 0.15) is 0 Å². The minimum Gasteiger partial charge on any atom is -0.318 e. The summed E-state index contributed by atoms with van der Waals surface area (Å²) in [6.07, 6.45) is 2.47. The second kappa shape index (κ2) is 3.45. The van der Waals surface area contributed by atoms with E-state index in [1.165, 1.54) is 6.08 Å². The van der Waals surface area contributed by atoms with Crippen LogP contribution < -0.4 is 0 Å². The molecule has 6 heteroatoms. The fourth-order valence-corrected chi connectivity index (χ4v) is 2.46. The number of nitro groups is 1. The second-order valence-corrected chi connectivity index (χ2v) is 4.03. The van der Waals surface area contributed by atoms with Crippen LogP contribution in [0.5, 0.6) is 0 Å². The lowest BCUT2D eigenvalue weighted by atomic mass is 10.3. The van der Waals surface area contributed by atoms with Gasteiger partial charge < -0.3 is 4.57 Å². The van der Waals surface area contributed by atoms with Gasteiger partial charge in [0, 0.05) is 18.4 Å². The number of aromatic nitrogens is 2. The molecule has 1 aliphatic rings. The molecule has 1 aliphatic heterocycles. The first-order valence-corrected chi connectivity index (χ1v) is 5.18. The molecule has 0 N–H and O–H groups in total. The highest BCUT2D eigenvalue weighted by atomic mass is 32.2. The molecule has 74 valence electrons. The van der Waals surface area contributed by atoms with Crippen molar-refractivity contribution in [3.05, 3.63) is 27.7 Å². The van der Waals surface area contributed by atoms with E-state index in [4.69, 9.17) is 0 Å². The molecule has 14 heavy (non-hydrogen) atoms. The summed E-state index contributed by atoms with van der Waals surface area (Å²) in [5.74, 6) is 1.00. The molecule has 1 aromatic heterocycles. The highest BCUT2D eigenvalue weighted by Crippen LogP contribution is 2.28. The van der Waals surface area contributed by atoms with Crippen LogP contribution in [0.2, 0.25) is 0 Å². The van der Waals surface area contributed by atoms with Gasteiger partial charge in [-0.1, -0.05) is 11.8 Å². The van der Waals surface area contributed by atoms with Crippen molar-refractivity contribution < 1.29 is 4.92 Å². The van der Waals surface area contributed by atoms with Crippen molar-refractivity contribution in [3.63, 3.8) is 0 Å². The number of hydrogen-bond donors (Lipinski definition) is 0. The smallest absolute Gasteiger partial charge is 0.236 e. The Kier molecular flexibility index (Phi) is 2.28. The van der Waals surface area contributed by atoms with E-state index in [0.29, 0.717) is 0 Å². The molecule has 0 atom stereocenters. The molecule has 1 aromatic rings. The first kappa shape index (κ1) is 9.26. The number of aryl methyl sites for hydroxylation is 1. The lowest BCUT2D eigenvalue weighted by Gasteiger charge is -1.97. The third-order valence-electron chi connectivity index (χ3n) is 2.06. The molecule has 0 bridgehead atoms. The summed E-state index contributed by atoms with van der Waals surface area (Å²) in [5, 5.41) is 11.2. The standard InChI is InChI=1S/C8H9N3O2S/c1-6-7(2-3-11(12)13)10-4-5-14-8(10)9-6/h2-3H,4-5H2,1H3/b3-2+. The predicted octanol–water partition coefficient (Wildman–Crippen LogP) is 1.54. The van der Waals surface area contributed by atoms with Gasteiger partial charge in [-0.25, -0.2) is 4.98 Å². The molecule has 0 radical (unpaired) electrons. The van der Waals surface area contributed by atoms with Crippen LogP contribution in [0.1, 0.15) is 11.4 Å². The molecular weight excluding hydrogens is 202 g/mol. The van der Waals surface area contributed by atoms with E-state index in [1.807, 2.05) is 11.5 Å². The Morgan fingerprint density at radius 1 is 1.71 bits per heavy atom. The Hall–Kier alpha value is -1.30. The van der Waals surface area contributed by atoms with Crippen LogP contribution in [0, 0.1) is 17.0 Å². The van der Waals surface area contributed by atoms with Crippen molar-refractivity contribution in [2.45, 2.75) is 18.6 Å². The van der Waals surface area contributed by atoms with Crippen LogP contribution in [-0.2, 0) is 6.54 Å². The minimum absolute atomic E-state index is 0.457. The van der Waals surface area contributed by atoms with E-state index in [2.05, 4.69) is 4.98 Å². The van der Waals surface area contributed by atoms with Crippen molar-refractivity contribution in [2.24, 2.45) is 0 Å². The number of imidazole rings is 1. The van der Waals surface area contributed by atoms with E-state index in [1.54, 1.807) is 11.8 Å². The zero-order valence-corrected chi connectivity index (χ0v) is 8.45. The molecule has 0 amide bonds. The zero-order valence-electron chi connectivity index (χ0n) is 7.64. The van der Waals surface area contributed by atoms with Gasteiger partial charge >= 0.3 is 0 Å². The first-order chi connectivity index (χ1) is 6.68. The van der Waals surface area contributed by atoms with E-state index in [0.717, 1.165) is 35.0 Å². The lowest BCUT2D eigenvalue weighted by molar-refractivity contribution is -0.401. The maximum absolute atomic E-state index is 10.2. The monoisotopic (exact) mass is 211 g/mol. The maximum atomic E-state index is 10.2. The van der Waals surface area contributed by atoms with Gasteiger partial charge in [-0.2, -0.15) is 0 Å². The summed E-state index contributed by atoms with van der Waals surface area (Å²) in [4.78, 5) is 14.1. The Morgan fingerprint density at radius 3 is 3.21 bits per heavy atom. The summed E-state index contributed by atoms with van der Waals surface area (Å²) in [6, 6.07) is 0. The normalized spacial score (nSPS) is 14.9. The molecule has 0 aromatic carbocycles. The van der Waals surface area contributed by atoms with Gasteiger partial charge in [0.05, 0.1) is 16.3 Å². The van der Waals surface area contributed by atoms with Gasteiger partial charge in [0.15, 0.2) is 5.16 Å². The van der Waals surface area contributed by atoms with Crippen LogP contribution >= 0.6 is 11.8 Å². The number of thioether (sulfide) groups is 1. The van der Waals surface area contributed by atoms with Crippen molar-refractivity contribution in [1.29, 1.82) is 0 Å². The topological polar surface area (TPSA) is 61.0 Å². The molecule has 0 unspecified atom stereocenters. The van der Waals surface area contributed by atoms with Crippen molar-refractivity contribution in [1.82, 2.24) is 9.55 Å². The van der Waals surface area contributed by atoms with Gasteiger partial charge in [0.2, 0.25) is 6.20 Å². The molecule has 0 aliphatic carbocycles. The van der Waals surface area contributed by atoms with E-state index in [-0.39, 0.29) is 0 Å². The molecule has 2 heterocycles. The van der Waals surface area contributed by atoms with Gasteiger partial charge in [0.25, 0.3) is 0 Å². The van der Waals surface area contributed by atoms with E-state index < -0.39 is 4.92 Å². The second-order valence-electron chi connectivity index (χ2n) is 2.97. The quantitative estimate of drug-likeness (QED) is 0.550. The lowest BCUT2D eigenvalue weighted by Crippen LogP contribution is -1.97. The number of fused-ring (bicyclic) bond motifs is 1. The molecule has 0 saturated heterocycles. The molecular formula is C8H9N3O2S. The number of nitrogens with zero attached hydrogens (tertiary/aromatic N) is 3.